The second-order valence-electron chi connectivity index (χ2n) is 5.60. The van der Waals surface area contributed by atoms with Crippen LogP contribution in [0.5, 0.6) is 0 Å². The number of oxime groups is 1. The summed E-state index contributed by atoms with van der Waals surface area (Å²) in [6.45, 7) is 0.635. The fraction of sp³-hybridized carbons (Fsp3) is 0.833. The molecule has 0 bridgehead atoms. The van der Waals surface area contributed by atoms with Gasteiger partial charge in [0.15, 0.2) is 5.84 Å². The Kier molecular flexibility index (Phi) is 3.47. The Morgan fingerprint density at radius 1 is 1.50 bits per heavy atom. The van der Waals surface area contributed by atoms with Crippen LogP contribution in [0.4, 0.5) is 0 Å². The summed E-state index contributed by atoms with van der Waals surface area (Å²) in [5.74, 6) is 0.336. The van der Waals surface area contributed by atoms with E-state index in [2.05, 4.69) is 5.16 Å². The van der Waals surface area contributed by atoms with Crippen molar-refractivity contribution in [2.45, 2.75) is 38.2 Å². The number of hydrogen-bond donors (Lipinski definition) is 3. The second kappa shape index (κ2) is 4.76. The largest absolute Gasteiger partial charge is 0.409 e. The lowest BCUT2D eigenvalue weighted by Gasteiger charge is -2.43. The summed E-state index contributed by atoms with van der Waals surface area (Å²) in [6.07, 6.45) is 3.54. The Balaban J connectivity index is 1.97. The smallest absolute Gasteiger partial charge is 0.236 e. The Morgan fingerprint density at radius 3 is 2.50 bits per heavy atom. The lowest BCUT2D eigenvalue weighted by Crippen LogP contribution is -2.55. The predicted octanol–water partition coefficient (Wildman–Crippen LogP) is 0.132. The van der Waals surface area contributed by atoms with E-state index >= 15 is 0 Å². The monoisotopic (exact) mass is 255 g/mol. The van der Waals surface area contributed by atoms with Crippen molar-refractivity contribution in [2.75, 3.05) is 13.6 Å². The first kappa shape index (κ1) is 13.1. The molecule has 2 fully saturated rings. The van der Waals surface area contributed by atoms with Gasteiger partial charge in [-0.15, -0.1) is 0 Å². The molecule has 0 unspecified atom stereocenters. The van der Waals surface area contributed by atoms with Crippen molar-refractivity contribution in [2.24, 2.45) is 22.2 Å². The van der Waals surface area contributed by atoms with Crippen molar-refractivity contribution < 1.29 is 15.1 Å². The van der Waals surface area contributed by atoms with Crippen LogP contribution >= 0.6 is 0 Å². The van der Waals surface area contributed by atoms with Crippen molar-refractivity contribution in [3.8, 4) is 0 Å². The number of aliphatic hydroxyl groups excluding tert-OH is 1. The van der Waals surface area contributed by atoms with Gasteiger partial charge in [0.2, 0.25) is 5.91 Å². The lowest BCUT2D eigenvalue weighted by molar-refractivity contribution is -0.142. The van der Waals surface area contributed by atoms with Crippen molar-refractivity contribution in [3.63, 3.8) is 0 Å². The van der Waals surface area contributed by atoms with Crippen LogP contribution in [0.15, 0.2) is 5.16 Å². The molecule has 102 valence electrons. The number of nitrogens with zero attached hydrogens (tertiary/aromatic N) is 2. The molecule has 6 heteroatoms. The summed E-state index contributed by atoms with van der Waals surface area (Å²) in [7, 11) is 1.75. The summed E-state index contributed by atoms with van der Waals surface area (Å²) in [5, 5.41) is 21.1. The molecule has 6 nitrogen and oxygen atoms in total. The number of amidine groups is 1. The first-order valence-electron chi connectivity index (χ1n) is 6.41. The molecule has 0 atom stereocenters. The highest BCUT2D eigenvalue weighted by atomic mass is 16.4. The zero-order chi connectivity index (χ0) is 13.3. The van der Waals surface area contributed by atoms with Crippen LogP contribution < -0.4 is 5.73 Å². The molecule has 2 rings (SSSR count). The molecule has 0 aromatic heterocycles. The van der Waals surface area contributed by atoms with E-state index in [-0.39, 0.29) is 17.8 Å². The molecular weight excluding hydrogens is 234 g/mol. The van der Waals surface area contributed by atoms with E-state index in [0.29, 0.717) is 25.3 Å². The van der Waals surface area contributed by atoms with Crippen LogP contribution in [0.1, 0.15) is 32.1 Å². The molecule has 4 N–H and O–H groups in total. The van der Waals surface area contributed by atoms with Gasteiger partial charge >= 0.3 is 0 Å². The second-order valence-corrected chi connectivity index (χ2v) is 5.60. The van der Waals surface area contributed by atoms with Crippen molar-refractivity contribution in [1.82, 2.24) is 4.90 Å². The molecule has 2 saturated carbocycles. The fourth-order valence-electron chi connectivity index (χ4n) is 2.89. The molecule has 1 amide bonds. The van der Waals surface area contributed by atoms with Crippen LogP contribution in [-0.2, 0) is 4.79 Å². The number of nitrogens with two attached hydrogens (primary N) is 1. The standard InChI is InChI=1S/C12H21N3O3/c1-15(7-8-5-9(16)6-8)11(17)12(3-2-4-12)10(13)14-18/h8-9,16,18H,2-7H2,1H3,(H2,13,14). The molecule has 2 aliphatic rings. The summed E-state index contributed by atoms with van der Waals surface area (Å²) in [4.78, 5) is 14.1. The van der Waals surface area contributed by atoms with Gasteiger partial charge < -0.3 is 20.9 Å². The third kappa shape index (κ3) is 2.05. The summed E-state index contributed by atoms with van der Waals surface area (Å²) >= 11 is 0. The molecule has 0 heterocycles. The van der Waals surface area contributed by atoms with Crippen LogP contribution in [-0.4, -0.2) is 46.7 Å². The van der Waals surface area contributed by atoms with Crippen LogP contribution in [0.25, 0.3) is 0 Å². The minimum absolute atomic E-state index is 0.0271. The Bertz CT molecular complexity index is 360. The number of rotatable bonds is 4. The van der Waals surface area contributed by atoms with Gasteiger partial charge in [0, 0.05) is 13.6 Å². The maximum Gasteiger partial charge on any atom is 0.236 e. The average Bonchev–Trinajstić information content (AvgIpc) is 2.24. The minimum Gasteiger partial charge on any atom is -0.409 e. The molecule has 0 aliphatic heterocycles. The van der Waals surface area contributed by atoms with E-state index in [1.54, 1.807) is 11.9 Å². The molecule has 0 aromatic rings. The van der Waals surface area contributed by atoms with E-state index in [4.69, 9.17) is 10.9 Å². The third-order valence-corrected chi connectivity index (χ3v) is 4.30. The molecule has 0 spiro atoms. The molecule has 0 radical (unpaired) electrons. The van der Waals surface area contributed by atoms with E-state index in [1.807, 2.05) is 0 Å². The third-order valence-electron chi connectivity index (χ3n) is 4.30. The van der Waals surface area contributed by atoms with Gasteiger partial charge in [-0.1, -0.05) is 11.6 Å². The van der Waals surface area contributed by atoms with E-state index < -0.39 is 5.41 Å². The van der Waals surface area contributed by atoms with Crippen LogP contribution in [0.2, 0.25) is 0 Å². The maximum absolute atomic E-state index is 12.4. The summed E-state index contributed by atoms with van der Waals surface area (Å²) < 4.78 is 0. The topological polar surface area (TPSA) is 99.2 Å². The number of hydrogen-bond acceptors (Lipinski definition) is 4. The fourth-order valence-corrected chi connectivity index (χ4v) is 2.89. The number of carbonyl (C=O) groups excluding carboxylic acids is 1. The summed E-state index contributed by atoms with van der Waals surface area (Å²) in [6, 6.07) is 0. The van der Waals surface area contributed by atoms with Crippen molar-refractivity contribution in [3.05, 3.63) is 0 Å². The molecular formula is C12H21N3O3. The number of amides is 1. The molecule has 2 aliphatic carbocycles. The zero-order valence-electron chi connectivity index (χ0n) is 10.7. The first-order valence-corrected chi connectivity index (χ1v) is 6.41. The van der Waals surface area contributed by atoms with Gasteiger partial charge in [-0.25, -0.2) is 0 Å². The van der Waals surface area contributed by atoms with Gasteiger partial charge in [-0.05, 0) is 31.6 Å². The van der Waals surface area contributed by atoms with Gasteiger partial charge in [0.1, 0.15) is 5.41 Å². The normalized spacial score (nSPS) is 30.2. The van der Waals surface area contributed by atoms with Crippen LogP contribution in [0.3, 0.4) is 0 Å². The Labute approximate surface area is 106 Å². The van der Waals surface area contributed by atoms with E-state index in [0.717, 1.165) is 19.3 Å². The number of carbonyl (C=O) groups is 1. The Morgan fingerprint density at radius 2 is 2.11 bits per heavy atom. The van der Waals surface area contributed by atoms with Gasteiger partial charge in [-0.3, -0.25) is 4.79 Å². The quantitative estimate of drug-likeness (QED) is 0.288. The number of aliphatic hydroxyl groups is 1. The predicted molar refractivity (Wildman–Crippen MR) is 66.1 cm³/mol. The minimum atomic E-state index is -0.786. The van der Waals surface area contributed by atoms with Gasteiger partial charge in [0.05, 0.1) is 6.10 Å². The SMILES string of the molecule is CN(CC1CC(O)C1)C(=O)C1(C(N)=NO)CCC1. The van der Waals surface area contributed by atoms with Crippen molar-refractivity contribution in [1.29, 1.82) is 0 Å². The highest BCUT2D eigenvalue weighted by Crippen LogP contribution is 2.43. The van der Waals surface area contributed by atoms with Crippen molar-refractivity contribution >= 4 is 11.7 Å². The molecule has 0 aromatic carbocycles. The maximum atomic E-state index is 12.4. The highest BCUT2D eigenvalue weighted by Gasteiger charge is 2.50. The van der Waals surface area contributed by atoms with E-state index in [9.17, 15) is 9.90 Å². The highest BCUT2D eigenvalue weighted by molar-refractivity contribution is 6.07. The van der Waals surface area contributed by atoms with Gasteiger partial charge in [0.25, 0.3) is 0 Å². The molecule has 0 saturated heterocycles. The van der Waals surface area contributed by atoms with E-state index in [1.165, 1.54) is 0 Å². The molecule has 18 heavy (non-hydrogen) atoms. The van der Waals surface area contributed by atoms with Gasteiger partial charge in [-0.2, -0.15) is 0 Å². The first-order chi connectivity index (χ1) is 8.49. The lowest BCUT2D eigenvalue weighted by atomic mass is 9.66. The van der Waals surface area contributed by atoms with Crippen LogP contribution in [0, 0.1) is 11.3 Å². The average molecular weight is 255 g/mol. The summed E-state index contributed by atoms with van der Waals surface area (Å²) in [5.41, 5.74) is 4.88. The Hall–Kier alpha value is -1.30. The zero-order valence-corrected chi connectivity index (χ0v) is 10.7.